The zero-order valence-corrected chi connectivity index (χ0v) is 15.5. The maximum Gasteiger partial charge on any atom is 0.338 e. The number of nitrogens with one attached hydrogen (secondary N) is 1. The van der Waals surface area contributed by atoms with E-state index in [-0.39, 0.29) is 18.3 Å². The van der Waals surface area contributed by atoms with Gasteiger partial charge in [0.15, 0.2) is 12.4 Å². The summed E-state index contributed by atoms with van der Waals surface area (Å²) in [6.07, 6.45) is 1.22. The molecule has 7 heteroatoms. The summed E-state index contributed by atoms with van der Waals surface area (Å²) in [6.45, 7) is 1.58. The summed E-state index contributed by atoms with van der Waals surface area (Å²) in [6, 6.07) is 11.6. The van der Waals surface area contributed by atoms with Crippen molar-refractivity contribution in [1.82, 2.24) is 4.98 Å². The van der Waals surface area contributed by atoms with Crippen LogP contribution in [0.4, 0.5) is 5.69 Å². The third kappa shape index (κ3) is 4.77. The number of hydrogen-bond donors (Lipinski definition) is 1. The molecule has 0 radical (unpaired) electrons. The van der Waals surface area contributed by atoms with Gasteiger partial charge in [0.05, 0.1) is 21.3 Å². The molecule has 1 N–H and O–H groups in total. The molecule has 0 unspecified atom stereocenters. The van der Waals surface area contributed by atoms with Gasteiger partial charge in [-0.15, -0.1) is 11.3 Å². The van der Waals surface area contributed by atoms with Crippen molar-refractivity contribution in [3.63, 3.8) is 0 Å². The number of anilines is 1. The molecule has 1 heterocycles. The SMILES string of the molecule is CCCC(=O)Nc1ccc(C(=O)COC(=O)c2ccc3ncsc3c2)cc1. The number of carbonyl (C=O) groups excluding carboxylic acids is 3. The second kappa shape index (κ2) is 8.55. The van der Waals surface area contributed by atoms with Gasteiger partial charge in [0.1, 0.15) is 0 Å². The van der Waals surface area contributed by atoms with Crippen LogP contribution in [0.2, 0.25) is 0 Å². The lowest BCUT2D eigenvalue weighted by atomic mass is 10.1. The second-order valence-corrected chi connectivity index (χ2v) is 6.80. The Balaban J connectivity index is 1.56. The van der Waals surface area contributed by atoms with Crippen molar-refractivity contribution in [1.29, 1.82) is 0 Å². The molecule has 27 heavy (non-hydrogen) atoms. The predicted octanol–water partition coefficient (Wildman–Crippen LogP) is 4.07. The maximum atomic E-state index is 12.2. The molecule has 0 atom stereocenters. The highest BCUT2D eigenvalue weighted by atomic mass is 32.1. The number of amides is 1. The summed E-state index contributed by atoms with van der Waals surface area (Å²) >= 11 is 1.43. The lowest BCUT2D eigenvalue weighted by Crippen LogP contribution is -2.14. The highest BCUT2D eigenvalue weighted by Gasteiger charge is 2.13. The number of nitrogens with zero attached hydrogens (tertiary/aromatic N) is 1. The van der Waals surface area contributed by atoms with E-state index in [1.165, 1.54) is 11.3 Å². The van der Waals surface area contributed by atoms with Crippen molar-refractivity contribution >= 4 is 44.9 Å². The van der Waals surface area contributed by atoms with Gasteiger partial charge in [0.25, 0.3) is 0 Å². The van der Waals surface area contributed by atoms with Crippen LogP contribution < -0.4 is 5.32 Å². The Morgan fingerprint density at radius 3 is 2.56 bits per heavy atom. The van der Waals surface area contributed by atoms with E-state index in [9.17, 15) is 14.4 Å². The van der Waals surface area contributed by atoms with E-state index in [1.807, 2.05) is 6.92 Å². The molecule has 0 aliphatic heterocycles. The van der Waals surface area contributed by atoms with Gasteiger partial charge in [0.2, 0.25) is 5.91 Å². The summed E-state index contributed by atoms with van der Waals surface area (Å²) in [5.74, 6) is -0.931. The molecule has 0 saturated carbocycles. The number of hydrogen-bond acceptors (Lipinski definition) is 6. The lowest BCUT2D eigenvalue weighted by molar-refractivity contribution is -0.116. The fraction of sp³-hybridized carbons (Fsp3) is 0.200. The Bertz CT molecular complexity index is 979. The predicted molar refractivity (Wildman–Crippen MR) is 104 cm³/mol. The van der Waals surface area contributed by atoms with E-state index in [1.54, 1.807) is 48.0 Å². The average Bonchev–Trinajstić information content (AvgIpc) is 3.14. The summed E-state index contributed by atoms with van der Waals surface area (Å²) < 4.78 is 6.01. The second-order valence-electron chi connectivity index (χ2n) is 5.91. The van der Waals surface area contributed by atoms with Crippen LogP contribution in [-0.2, 0) is 9.53 Å². The molecule has 138 valence electrons. The topological polar surface area (TPSA) is 85.4 Å². The van der Waals surface area contributed by atoms with Crippen molar-refractivity contribution in [3.05, 3.63) is 59.1 Å². The molecule has 0 saturated heterocycles. The van der Waals surface area contributed by atoms with Gasteiger partial charge in [-0.2, -0.15) is 0 Å². The highest BCUT2D eigenvalue weighted by Crippen LogP contribution is 2.19. The standard InChI is InChI=1S/C20H18N2O4S/c1-2-3-19(24)22-15-7-4-13(5-8-15)17(23)11-26-20(25)14-6-9-16-18(10-14)27-12-21-16/h4-10,12H,2-3,11H2,1H3,(H,22,24). The smallest absolute Gasteiger partial charge is 0.338 e. The van der Waals surface area contributed by atoms with Crippen LogP contribution in [-0.4, -0.2) is 29.3 Å². The molecule has 1 amide bonds. The van der Waals surface area contributed by atoms with Crippen LogP contribution in [0.25, 0.3) is 10.2 Å². The van der Waals surface area contributed by atoms with Gasteiger partial charge in [-0.05, 0) is 48.9 Å². The van der Waals surface area contributed by atoms with Crippen molar-refractivity contribution in [3.8, 4) is 0 Å². The highest BCUT2D eigenvalue weighted by molar-refractivity contribution is 7.16. The van der Waals surface area contributed by atoms with Crippen LogP contribution in [0.5, 0.6) is 0 Å². The van der Waals surface area contributed by atoms with E-state index in [2.05, 4.69) is 10.3 Å². The van der Waals surface area contributed by atoms with Crippen LogP contribution in [0, 0.1) is 0 Å². The molecule has 0 bridgehead atoms. The molecule has 0 aliphatic carbocycles. The number of rotatable bonds is 7. The number of carbonyl (C=O) groups is 3. The van der Waals surface area contributed by atoms with Gasteiger partial charge in [-0.1, -0.05) is 6.92 Å². The Kier molecular flexibility index (Phi) is 5.93. The quantitative estimate of drug-likeness (QED) is 0.492. The van der Waals surface area contributed by atoms with Crippen molar-refractivity contribution in [2.24, 2.45) is 0 Å². The minimum atomic E-state index is -0.554. The molecule has 0 spiro atoms. The van der Waals surface area contributed by atoms with E-state index < -0.39 is 5.97 Å². The van der Waals surface area contributed by atoms with Gasteiger partial charge in [0, 0.05) is 17.7 Å². The fourth-order valence-electron chi connectivity index (χ4n) is 2.47. The molecule has 2 aromatic carbocycles. The molecule has 3 aromatic rings. The summed E-state index contributed by atoms with van der Waals surface area (Å²) in [4.78, 5) is 40.1. The average molecular weight is 382 g/mol. The summed E-state index contributed by atoms with van der Waals surface area (Å²) in [5.41, 5.74) is 3.94. The monoisotopic (exact) mass is 382 g/mol. The minimum Gasteiger partial charge on any atom is -0.454 e. The number of esters is 1. The van der Waals surface area contributed by atoms with E-state index in [0.717, 1.165) is 16.6 Å². The Morgan fingerprint density at radius 2 is 1.81 bits per heavy atom. The number of ether oxygens (including phenoxy) is 1. The molecular formula is C20H18N2O4S. The molecule has 0 fully saturated rings. The van der Waals surface area contributed by atoms with Crippen LogP contribution in [0.1, 0.15) is 40.5 Å². The normalized spacial score (nSPS) is 10.6. The largest absolute Gasteiger partial charge is 0.454 e. The van der Waals surface area contributed by atoms with E-state index in [0.29, 0.717) is 23.2 Å². The number of benzene rings is 2. The Labute approximate surface area is 160 Å². The molecule has 1 aromatic heterocycles. The van der Waals surface area contributed by atoms with Crippen molar-refractivity contribution in [2.45, 2.75) is 19.8 Å². The van der Waals surface area contributed by atoms with Gasteiger partial charge < -0.3 is 10.1 Å². The van der Waals surface area contributed by atoms with E-state index in [4.69, 9.17) is 4.74 Å². The van der Waals surface area contributed by atoms with Crippen LogP contribution >= 0.6 is 11.3 Å². The molecule has 0 aliphatic rings. The third-order valence-electron chi connectivity index (χ3n) is 3.87. The molecule has 3 rings (SSSR count). The van der Waals surface area contributed by atoms with Crippen LogP contribution in [0.3, 0.4) is 0 Å². The number of ketones is 1. The third-order valence-corrected chi connectivity index (χ3v) is 4.66. The first kappa shape index (κ1) is 18.7. The Hall–Kier alpha value is -3.06. The van der Waals surface area contributed by atoms with Gasteiger partial charge >= 0.3 is 5.97 Å². The number of aromatic nitrogens is 1. The number of thiazole rings is 1. The molecular weight excluding hydrogens is 364 g/mol. The summed E-state index contributed by atoms with van der Waals surface area (Å²) in [5, 5.41) is 2.75. The van der Waals surface area contributed by atoms with Crippen molar-refractivity contribution < 1.29 is 19.1 Å². The number of fused-ring (bicyclic) bond motifs is 1. The summed E-state index contributed by atoms with van der Waals surface area (Å²) in [7, 11) is 0. The first-order chi connectivity index (χ1) is 13.1. The first-order valence-corrected chi connectivity index (χ1v) is 9.38. The van der Waals surface area contributed by atoms with Crippen molar-refractivity contribution in [2.75, 3.05) is 11.9 Å². The van der Waals surface area contributed by atoms with Gasteiger partial charge in [-0.25, -0.2) is 9.78 Å². The van der Waals surface area contributed by atoms with Gasteiger partial charge in [-0.3, -0.25) is 9.59 Å². The van der Waals surface area contributed by atoms with E-state index >= 15 is 0 Å². The first-order valence-electron chi connectivity index (χ1n) is 8.50. The zero-order chi connectivity index (χ0) is 19.2. The Morgan fingerprint density at radius 1 is 1.07 bits per heavy atom. The number of Topliss-reactive ketones (excluding diaryl/α,β-unsaturated/α-hetero) is 1. The molecule has 6 nitrogen and oxygen atoms in total. The zero-order valence-electron chi connectivity index (χ0n) is 14.7. The maximum absolute atomic E-state index is 12.2. The van der Waals surface area contributed by atoms with Crippen LogP contribution in [0.15, 0.2) is 48.0 Å². The fourth-order valence-corrected chi connectivity index (χ4v) is 3.19. The minimum absolute atomic E-state index is 0.0663. The lowest BCUT2D eigenvalue weighted by Gasteiger charge is -2.07.